The van der Waals surface area contributed by atoms with E-state index in [1.165, 1.54) is 19.1 Å². The van der Waals surface area contributed by atoms with Gasteiger partial charge in [-0.1, -0.05) is 50.2 Å². The van der Waals surface area contributed by atoms with Crippen LogP contribution in [0.25, 0.3) is 0 Å². The van der Waals surface area contributed by atoms with Crippen LogP contribution in [0.3, 0.4) is 0 Å². The summed E-state index contributed by atoms with van der Waals surface area (Å²) in [5.74, 6) is 0.108. The Morgan fingerprint density at radius 1 is 1.02 bits per heavy atom. The smallest absolute Gasteiger partial charge is 0.415 e. The Morgan fingerprint density at radius 3 is 2.53 bits per heavy atom. The zero-order valence-electron chi connectivity index (χ0n) is 26.8. The van der Waals surface area contributed by atoms with Gasteiger partial charge >= 0.3 is 6.09 Å². The number of nitrogens with zero attached hydrogens (tertiary/aromatic N) is 2. The first-order chi connectivity index (χ1) is 22.5. The molecule has 0 aromatic heterocycles. The van der Waals surface area contributed by atoms with Gasteiger partial charge in [0.15, 0.2) is 17.6 Å². The van der Waals surface area contributed by atoms with Gasteiger partial charge in [-0.25, -0.2) is 9.18 Å². The van der Waals surface area contributed by atoms with E-state index in [2.05, 4.69) is 29.4 Å². The van der Waals surface area contributed by atoms with Gasteiger partial charge in [-0.15, -0.1) is 0 Å². The number of amides is 3. The first kappa shape index (κ1) is 33.7. The molecule has 2 aliphatic heterocycles. The predicted octanol–water partition coefficient (Wildman–Crippen LogP) is 4.13. The van der Waals surface area contributed by atoms with E-state index in [0.29, 0.717) is 24.6 Å². The van der Waals surface area contributed by atoms with E-state index in [0.717, 1.165) is 46.6 Å². The Labute approximate surface area is 273 Å². The maximum Gasteiger partial charge on any atom is 0.415 e. The van der Waals surface area contributed by atoms with Crippen LogP contribution in [0.2, 0.25) is 0 Å². The highest BCUT2D eigenvalue weighted by Gasteiger charge is 2.39. The van der Waals surface area contributed by atoms with Crippen molar-refractivity contribution in [2.75, 3.05) is 43.2 Å². The Kier molecular flexibility index (Phi) is 10.9. The van der Waals surface area contributed by atoms with Gasteiger partial charge in [0.05, 0.1) is 24.4 Å². The third-order valence-electron chi connectivity index (χ3n) is 7.97. The molecule has 1 saturated heterocycles. The van der Waals surface area contributed by atoms with Crippen molar-refractivity contribution in [3.8, 4) is 11.5 Å². The molecule has 3 atom stereocenters. The molecule has 2 aliphatic rings. The van der Waals surface area contributed by atoms with E-state index >= 15 is 0 Å². The molecule has 0 radical (unpaired) electrons. The van der Waals surface area contributed by atoms with Crippen LogP contribution in [0.4, 0.5) is 20.6 Å². The number of benzene rings is 3. The molecule has 3 aromatic carbocycles. The Bertz CT molecular complexity index is 1570. The second kappa shape index (κ2) is 15.3. The summed E-state index contributed by atoms with van der Waals surface area (Å²) in [5, 5.41) is 17.1. The molecule has 0 aliphatic carbocycles. The number of anilines is 2. The Morgan fingerprint density at radius 2 is 1.79 bits per heavy atom. The van der Waals surface area contributed by atoms with E-state index in [9.17, 15) is 23.9 Å². The third kappa shape index (κ3) is 8.99. The topological polar surface area (TPSA) is 130 Å². The van der Waals surface area contributed by atoms with E-state index in [4.69, 9.17) is 14.2 Å². The maximum atomic E-state index is 14.7. The zero-order valence-corrected chi connectivity index (χ0v) is 26.8. The minimum Gasteiger partial charge on any atom is -0.454 e. The third-order valence-corrected chi connectivity index (χ3v) is 7.97. The number of rotatable bonds is 14. The van der Waals surface area contributed by atoms with Gasteiger partial charge in [0.2, 0.25) is 12.7 Å². The molecule has 0 saturated carbocycles. The quantitative estimate of drug-likeness (QED) is 0.238. The summed E-state index contributed by atoms with van der Waals surface area (Å²) in [7, 11) is 0. The summed E-state index contributed by atoms with van der Waals surface area (Å²) in [5.41, 5.74) is 2.17. The van der Waals surface area contributed by atoms with Crippen LogP contribution in [0.5, 0.6) is 11.5 Å². The number of ether oxygens (including phenoxy) is 3. The van der Waals surface area contributed by atoms with Crippen molar-refractivity contribution < 1.29 is 38.1 Å². The van der Waals surface area contributed by atoms with Gasteiger partial charge in [0.25, 0.3) is 5.91 Å². The van der Waals surface area contributed by atoms with Crippen LogP contribution in [0, 0.1) is 11.7 Å². The van der Waals surface area contributed by atoms with Crippen LogP contribution < -0.4 is 25.0 Å². The van der Waals surface area contributed by atoms with E-state index in [1.807, 2.05) is 48.5 Å². The van der Waals surface area contributed by atoms with Crippen molar-refractivity contribution in [2.45, 2.75) is 51.9 Å². The second-order valence-corrected chi connectivity index (χ2v) is 12.3. The first-order valence-corrected chi connectivity index (χ1v) is 15.7. The lowest BCUT2D eigenvalue weighted by molar-refractivity contribution is -0.129. The normalized spacial score (nSPS) is 16.7. The SMILES string of the molecule is CC(=O)Nc1ccc(F)c(N2C[C@@H](C(=O)NC(Cc3ccccc3)C(O)CN(CCc3ccc4c(c3)OCO4)CC(C)C)OC2=O)c1. The zero-order chi connectivity index (χ0) is 33.5. The average Bonchev–Trinajstić information content (AvgIpc) is 3.66. The first-order valence-electron chi connectivity index (χ1n) is 15.7. The van der Waals surface area contributed by atoms with Crippen LogP contribution in [0.15, 0.2) is 66.7 Å². The second-order valence-electron chi connectivity index (χ2n) is 12.3. The molecule has 0 bridgehead atoms. The Hall–Kier alpha value is -4.68. The summed E-state index contributed by atoms with van der Waals surface area (Å²) in [6, 6.07) is 18.5. The predicted molar refractivity (Wildman–Crippen MR) is 174 cm³/mol. The fraction of sp³-hybridized carbons (Fsp3) is 0.400. The largest absolute Gasteiger partial charge is 0.454 e. The highest BCUT2D eigenvalue weighted by Crippen LogP contribution is 2.33. The van der Waals surface area contributed by atoms with E-state index < -0.39 is 36.1 Å². The van der Waals surface area contributed by atoms with Gasteiger partial charge < -0.3 is 34.9 Å². The van der Waals surface area contributed by atoms with Crippen LogP contribution in [-0.2, 0) is 27.2 Å². The number of hydrogen-bond donors (Lipinski definition) is 3. The molecule has 3 aromatic rings. The van der Waals surface area contributed by atoms with E-state index in [1.54, 1.807) is 0 Å². The molecule has 47 heavy (non-hydrogen) atoms. The van der Waals surface area contributed by atoms with E-state index in [-0.39, 0.29) is 31.5 Å². The lowest BCUT2D eigenvalue weighted by Gasteiger charge is -2.31. The fourth-order valence-corrected chi connectivity index (χ4v) is 5.77. The molecule has 5 rings (SSSR count). The van der Waals surface area contributed by atoms with Gasteiger partial charge in [0, 0.05) is 32.2 Å². The molecule has 2 unspecified atom stereocenters. The number of aliphatic hydroxyl groups excluding tert-OH is 1. The minimum atomic E-state index is -1.24. The van der Waals surface area contributed by atoms with Crippen LogP contribution in [0.1, 0.15) is 31.9 Å². The van der Waals surface area contributed by atoms with Crippen molar-refractivity contribution in [1.29, 1.82) is 0 Å². The lowest BCUT2D eigenvalue weighted by Crippen LogP contribution is -2.53. The van der Waals surface area contributed by atoms with Crippen LogP contribution >= 0.6 is 0 Å². The summed E-state index contributed by atoms with van der Waals surface area (Å²) < 4.78 is 31.1. The molecule has 11 nitrogen and oxygen atoms in total. The Balaban J connectivity index is 1.27. The summed E-state index contributed by atoms with van der Waals surface area (Å²) in [4.78, 5) is 41.0. The number of hydrogen-bond acceptors (Lipinski definition) is 8. The number of aliphatic hydroxyl groups is 1. The van der Waals surface area contributed by atoms with Crippen molar-refractivity contribution in [3.05, 3.63) is 83.7 Å². The van der Waals surface area contributed by atoms with Crippen molar-refractivity contribution >= 4 is 29.3 Å². The fourth-order valence-electron chi connectivity index (χ4n) is 5.77. The van der Waals surface area contributed by atoms with Gasteiger partial charge in [-0.3, -0.25) is 14.5 Å². The number of carbonyl (C=O) groups is 3. The summed E-state index contributed by atoms with van der Waals surface area (Å²) >= 11 is 0. The molecule has 0 spiro atoms. The molecule has 3 amide bonds. The van der Waals surface area contributed by atoms with Gasteiger partial charge in [-0.05, 0) is 60.2 Å². The lowest BCUT2D eigenvalue weighted by atomic mass is 9.99. The standard InChI is InChI=1S/C35H41FN4O7/c1-22(2)18-39(14-13-25-9-12-31-32(16-25)46-21-45-31)19-30(42)28(15-24-7-5-4-6-8-24)38-34(43)33-20-40(35(44)47-33)29-17-26(37-23(3)41)10-11-27(29)36/h4-12,16-17,22,28,30,33,42H,13-15,18-21H2,1-3H3,(H,37,41)(H,38,43)/t28?,30?,33-/m0/s1. The number of fused-ring (bicyclic) bond motifs is 1. The molecule has 12 heteroatoms. The molecular formula is C35H41FN4O7. The number of nitrogens with one attached hydrogen (secondary N) is 2. The highest BCUT2D eigenvalue weighted by atomic mass is 19.1. The van der Waals surface area contributed by atoms with Crippen molar-refractivity contribution in [3.63, 3.8) is 0 Å². The minimum absolute atomic E-state index is 0.121. The molecule has 3 N–H and O–H groups in total. The van der Waals surface area contributed by atoms with Gasteiger partial charge in [0.1, 0.15) is 5.82 Å². The highest BCUT2D eigenvalue weighted by molar-refractivity contribution is 5.97. The maximum absolute atomic E-state index is 14.7. The number of halogens is 1. The van der Waals surface area contributed by atoms with Crippen molar-refractivity contribution in [1.82, 2.24) is 10.2 Å². The average molecular weight is 649 g/mol. The number of cyclic esters (lactones) is 1. The van der Waals surface area contributed by atoms with Crippen LogP contribution in [-0.4, -0.2) is 79.1 Å². The van der Waals surface area contributed by atoms with Gasteiger partial charge in [-0.2, -0.15) is 0 Å². The summed E-state index contributed by atoms with van der Waals surface area (Å²) in [6.45, 7) is 7.18. The van der Waals surface area contributed by atoms with Crippen molar-refractivity contribution in [2.24, 2.45) is 5.92 Å². The summed E-state index contributed by atoms with van der Waals surface area (Å²) in [6.07, 6.45) is -2.04. The monoisotopic (exact) mass is 648 g/mol. The molecule has 2 heterocycles. The molecule has 250 valence electrons. The molecule has 1 fully saturated rings. The number of carbonyl (C=O) groups excluding carboxylic acids is 3. The molecular weight excluding hydrogens is 607 g/mol.